The molecule has 1 saturated heterocycles. The van der Waals surface area contributed by atoms with Gasteiger partial charge in [-0.2, -0.15) is 5.26 Å². The molecule has 0 saturated carbocycles. The van der Waals surface area contributed by atoms with Gasteiger partial charge in [-0.3, -0.25) is 9.69 Å². The Kier molecular flexibility index (Phi) is 6.07. The van der Waals surface area contributed by atoms with Crippen molar-refractivity contribution in [3.63, 3.8) is 0 Å². The van der Waals surface area contributed by atoms with Gasteiger partial charge in [-0.1, -0.05) is 30.3 Å². The Morgan fingerprint density at radius 2 is 1.96 bits per heavy atom. The number of hydrogen-bond acceptors (Lipinski definition) is 5. The summed E-state index contributed by atoms with van der Waals surface area (Å²) in [5.41, 5.74) is 2.16. The number of para-hydroxylation sites is 2. The van der Waals surface area contributed by atoms with Crippen LogP contribution in [0.15, 0.2) is 48.5 Å². The number of amides is 1. The number of aliphatic hydroxyl groups excluding tert-OH is 1. The van der Waals surface area contributed by atoms with E-state index >= 15 is 0 Å². The molecule has 2 aromatic carbocycles. The second-order valence-corrected chi connectivity index (χ2v) is 6.57. The lowest BCUT2D eigenvalue weighted by molar-refractivity contribution is -0.122. The lowest BCUT2D eigenvalue weighted by atomic mass is 10.1. The van der Waals surface area contributed by atoms with E-state index in [9.17, 15) is 10.1 Å². The zero-order chi connectivity index (χ0) is 19.2. The fourth-order valence-corrected chi connectivity index (χ4v) is 3.29. The maximum atomic E-state index is 12.8. The van der Waals surface area contributed by atoms with E-state index in [-0.39, 0.29) is 31.7 Å². The van der Waals surface area contributed by atoms with Crippen LogP contribution in [0.2, 0.25) is 0 Å². The number of piperazine rings is 1. The van der Waals surface area contributed by atoms with Gasteiger partial charge in [0.05, 0.1) is 24.4 Å². The normalized spacial score (nSPS) is 17.6. The second kappa shape index (κ2) is 8.67. The molecule has 1 amide bonds. The Hall–Kier alpha value is -2.88. The largest absolute Gasteiger partial charge is 0.491 e. The summed E-state index contributed by atoms with van der Waals surface area (Å²) in [6.45, 7) is 3.66. The van der Waals surface area contributed by atoms with Crippen molar-refractivity contribution in [2.24, 2.45) is 0 Å². The van der Waals surface area contributed by atoms with Gasteiger partial charge in [0.25, 0.3) is 0 Å². The molecule has 140 valence electrons. The summed E-state index contributed by atoms with van der Waals surface area (Å²) in [6, 6.07) is 17.2. The lowest BCUT2D eigenvalue weighted by Crippen LogP contribution is -2.55. The second-order valence-electron chi connectivity index (χ2n) is 6.57. The number of aliphatic hydroxyl groups is 1. The van der Waals surface area contributed by atoms with Crippen molar-refractivity contribution in [1.82, 2.24) is 4.90 Å². The van der Waals surface area contributed by atoms with Crippen LogP contribution in [-0.4, -0.2) is 48.3 Å². The SMILES string of the molecule is CC1CN(c2ccccc2C#N)C(=O)CN1Cc1ccccc1OCCO. The summed E-state index contributed by atoms with van der Waals surface area (Å²) in [7, 11) is 0. The van der Waals surface area contributed by atoms with Crippen LogP contribution in [0.1, 0.15) is 18.1 Å². The van der Waals surface area contributed by atoms with E-state index in [0.29, 0.717) is 24.3 Å². The van der Waals surface area contributed by atoms with Gasteiger partial charge in [0.15, 0.2) is 0 Å². The Labute approximate surface area is 159 Å². The standard InChI is InChI=1S/C21H23N3O3/c1-16-13-24(19-8-4-2-6-17(19)12-22)21(26)15-23(16)14-18-7-3-5-9-20(18)27-11-10-25/h2-9,16,25H,10-11,13-15H2,1H3. The van der Waals surface area contributed by atoms with Crippen LogP contribution in [0.5, 0.6) is 5.75 Å². The number of nitriles is 1. The van der Waals surface area contributed by atoms with Gasteiger partial charge >= 0.3 is 0 Å². The molecule has 0 radical (unpaired) electrons. The van der Waals surface area contributed by atoms with Crippen molar-refractivity contribution in [2.75, 3.05) is 31.2 Å². The Morgan fingerprint density at radius 3 is 2.74 bits per heavy atom. The quantitative estimate of drug-likeness (QED) is 0.849. The van der Waals surface area contributed by atoms with Crippen molar-refractivity contribution in [2.45, 2.75) is 19.5 Å². The summed E-state index contributed by atoms with van der Waals surface area (Å²) >= 11 is 0. The highest BCUT2D eigenvalue weighted by Crippen LogP contribution is 2.26. The monoisotopic (exact) mass is 365 g/mol. The third-order valence-corrected chi connectivity index (χ3v) is 4.72. The summed E-state index contributed by atoms with van der Waals surface area (Å²) < 4.78 is 5.60. The molecule has 27 heavy (non-hydrogen) atoms. The van der Waals surface area contributed by atoms with E-state index in [1.165, 1.54) is 0 Å². The fraction of sp³-hybridized carbons (Fsp3) is 0.333. The van der Waals surface area contributed by atoms with Crippen molar-refractivity contribution in [3.05, 3.63) is 59.7 Å². The fourth-order valence-electron chi connectivity index (χ4n) is 3.29. The molecule has 0 bridgehead atoms. The number of anilines is 1. The van der Waals surface area contributed by atoms with Crippen molar-refractivity contribution in [1.29, 1.82) is 5.26 Å². The summed E-state index contributed by atoms with van der Waals surface area (Å²) in [4.78, 5) is 16.6. The first-order chi connectivity index (χ1) is 13.1. The highest BCUT2D eigenvalue weighted by molar-refractivity contribution is 5.96. The van der Waals surface area contributed by atoms with E-state index in [0.717, 1.165) is 11.3 Å². The zero-order valence-corrected chi connectivity index (χ0v) is 15.3. The third kappa shape index (κ3) is 4.27. The molecule has 0 aliphatic carbocycles. The highest BCUT2D eigenvalue weighted by Gasteiger charge is 2.31. The van der Waals surface area contributed by atoms with E-state index in [1.54, 1.807) is 17.0 Å². The molecule has 2 aromatic rings. The first-order valence-electron chi connectivity index (χ1n) is 8.99. The van der Waals surface area contributed by atoms with Crippen LogP contribution in [-0.2, 0) is 11.3 Å². The number of nitrogens with zero attached hydrogens (tertiary/aromatic N) is 3. The lowest BCUT2D eigenvalue weighted by Gasteiger charge is -2.39. The van der Waals surface area contributed by atoms with E-state index in [2.05, 4.69) is 17.9 Å². The summed E-state index contributed by atoms with van der Waals surface area (Å²) in [6.07, 6.45) is 0. The number of benzene rings is 2. The van der Waals surface area contributed by atoms with Crippen LogP contribution in [0.3, 0.4) is 0 Å². The van der Waals surface area contributed by atoms with Crippen LogP contribution >= 0.6 is 0 Å². The van der Waals surface area contributed by atoms with Crippen molar-refractivity contribution >= 4 is 11.6 Å². The molecule has 1 aliphatic rings. The third-order valence-electron chi connectivity index (χ3n) is 4.72. The molecule has 1 unspecified atom stereocenters. The molecule has 1 N–H and O–H groups in total. The predicted octanol–water partition coefficient (Wildman–Crippen LogP) is 2.17. The van der Waals surface area contributed by atoms with Crippen LogP contribution < -0.4 is 9.64 Å². The molecular weight excluding hydrogens is 342 g/mol. The van der Waals surface area contributed by atoms with E-state index < -0.39 is 0 Å². The minimum atomic E-state index is -0.0415. The van der Waals surface area contributed by atoms with Gasteiger partial charge < -0.3 is 14.7 Å². The number of ether oxygens (including phenoxy) is 1. The molecule has 0 aromatic heterocycles. The Balaban J connectivity index is 1.75. The molecule has 3 rings (SSSR count). The first-order valence-corrected chi connectivity index (χ1v) is 8.99. The van der Waals surface area contributed by atoms with Gasteiger partial charge in [-0.25, -0.2) is 0 Å². The minimum Gasteiger partial charge on any atom is -0.491 e. The van der Waals surface area contributed by atoms with Crippen LogP contribution in [0, 0.1) is 11.3 Å². The smallest absolute Gasteiger partial charge is 0.241 e. The maximum absolute atomic E-state index is 12.8. The molecular formula is C21H23N3O3. The van der Waals surface area contributed by atoms with Gasteiger partial charge in [-0.05, 0) is 25.1 Å². The maximum Gasteiger partial charge on any atom is 0.241 e. The molecule has 1 atom stereocenters. The summed E-state index contributed by atoms with van der Waals surface area (Å²) in [5, 5.41) is 18.3. The van der Waals surface area contributed by atoms with Crippen molar-refractivity contribution < 1.29 is 14.6 Å². The predicted molar refractivity (Wildman–Crippen MR) is 102 cm³/mol. The number of rotatable bonds is 6. The molecule has 1 fully saturated rings. The van der Waals surface area contributed by atoms with Crippen molar-refractivity contribution in [3.8, 4) is 11.8 Å². The van der Waals surface area contributed by atoms with E-state index in [1.807, 2.05) is 36.4 Å². The van der Waals surface area contributed by atoms with Gasteiger partial charge in [0.1, 0.15) is 18.4 Å². The number of carbonyl (C=O) groups is 1. The van der Waals surface area contributed by atoms with Gasteiger partial charge in [0.2, 0.25) is 5.91 Å². The molecule has 6 nitrogen and oxygen atoms in total. The molecule has 6 heteroatoms. The van der Waals surface area contributed by atoms with Gasteiger partial charge in [-0.15, -0.1) is 0 Å². The van der Waals surface area contributed by atoms with Gasteiger partial charge in [0, 0.05) is 24.7 Å². The first kappa shape index (κ1) is 18.9. The van der Waals surface area contributed by atoms with E-state index in [4.69, 9.17) is 9.84 Å². The number of carbonyl (C=O) groups excluding carboxylic acids is 1. The average molecular weight is 365 g/mol. The average Bonchev–Trinajstić information content (AvgIpc) is 2.69. The van der Waals surface area contributed by atoms with Crippen LogP contribution in [0.4, 0.5) is 5.69 Å². The minimum absolute atomic E-state index is 0.0236. The Morgan fingerprint density at radius 1 is 1.22 bits per heavy atom. The zero-order valence-electron chi connectivity index (χ0n) is 15.3. The topological polar surface area (TPSA) is 76.8 Å². The highest BCUT2D eigenvalue weighted by atomic mass is 16.5. The number of hydrogen-bond donors (Lipinski definition) is 1. The summed E-state index contributed by atoms with van der Waals surface area (Å²) in [5.74, 6) is 0.702. The molecule has 0 spiro atoms. The molecule has 1 heterocycles. The molecule has 1 aliphatic heterocycles. The Bertz CT molecular complexity index is 847. The van der Waals surface area contributed by atoms with Crippen LogP contribution in [0.25, 0.3) is 0 Å².